The maximum atomic E-state index is 12.6. The molecule has 1 aliphatic rings. The van der Waals surface area contributed by atoms with Crippen molar-refractivity contribution in [3.05, 3.63) is 29.3 Å². The highest BCUT2D eigenvalue weighted by Gasteiger charge is 2.22. The Hall–Kier alpha value is -1.88. The van der Waals surface area contributed by atoms with Crippen LogP contribution < -0.4 is 10.6 Å². The van der Waals surface area contributed by atoms with E-state index in [1.54, 1.807) is 0 Å². The van der Waals surface area contributed by atoms with Crippen LogP contribution in [0.1, 0.15) is 42.6 Å². The highest BCUT2D eigenvalue weighted by molar-refractivity contribution is 5.97. The summed E-state index contributed by atoms with van der Waals surface area (Å²) < 4.78 is 0. The van der Waals surface area contributed by atoms with Crippen LogP contribution in [0, 0.1) is 18.8 Å². The Bertz CT molecular complexity index is 592. The van der Waals surface area contributed by atoms with Crippen molar-refractivity contribution in [3.8, 4) is 0 Å². The molecule has 0 aromatic heterocycles. The van der Waals surface area contributed by atoms with Crippen molar-refractivity contribution >= 4 is 17.5 Å². The van der Waals surface area contributed by atoms with E-state index < -0.39 is 0 Å². The van der Waals surface area contributed by atoms with Crippen LogP contribution >= 0.6 is 0 Å². The number of nitrogens with zero attached hydrogens (tertiary/aromatic N) is 1. The second kappa shape index (κ2) is 8.29. The zero-order valence-corrected chi connectivity index (χ0v) is 15.2. The van der Waals surface area contributed by atoms with Gasteiger partial charge >= 0.3 is 0 Å². The van der Waals surface area contributed by atoms with Crippen LogP contribution in [0.15, 0.2) is 18.2 Å². The second-order valence-corrected chi connectivity index (χ2v) is 6.95. The molecule has 1 fully saturated rings. The molecule has 1 unspecified atom stereocenters. The molecule has 1 heterocycles. The fourth-order valence-electron chi connectivity index (χ4n) is 2.99. The van der Waals surface area contributed by atoms with Gasteiger partial charge in [-0.3, -0.25) is 9.59 Å². The van der Waals surface area contributed by atoms with Crippen LogP contribution in [0.3, 0.4) is 0 Å². The molecule has 0 spiro atoms. The number of carbonyl (C=O) groups is 2. The molecule has 1 saturated heterocycles. The predicted molar refractivity (Wildman–Crippen MR) is 97.2 cm³/mol. The molecule has 1 atom stereocenters. The fourth-order valence-corrected chi connectivity index (χ4v) is 2.99. The van der Waals surface area contributed by atoms with Crippen molar-refractivity contribution in [1.29, 1.82) is 0 Å². The summed E-state index contributed by atoms with van der Waals surface area (Å²) in [6.07, 6.45) is 2.14. The lowest BCUT2D eigenvalue weighted by Crippen LogP contribution is -2.37. The first-order valence-corrected chi connectivity index (χ1v) is 8.77. The van der Waals surface area contributed by atoms with E-state index >= 15 is 0 Å². The van der Waals surface area contributed by atoms with Gasteiger partial charge in [-0.05, 0) is 56.5 Å². The van der Waals surface area contributed by atoms with Gasteiger partial charge in [0.25, 0.3) is 5.91 Å². The van der Waals surface area contributed by atoms with Crippen LogP contribution in [0.25, 0.3) is 0 Å². The summed E-state index contributed by atoms with van der Waals surface area (Å²) in [7, 11) is 1.83. The maximum Gasteiger partial charge on any atom is 0.253 e. The van der Waals surface area contributed by atoms with Gasteiger partial charge in [-0.15, -0.1) is 0 Å². The van der Waals surface area contributed by atoms with E-state index in [0.29, 0.717) is 18.0 Å². The highest BCUT2D eigenvalue weighted by atomic mass is 16.2. The molecule has 2 rings (SSSR count). The van der Waals surface area contributed by atoms with Gasteiger partial charge in [-0.2, -0.15) is 0 Å². The number of anilines is 1. The summed E-state index contributed by atoms with van der Waals surface area (Å²) in [4.78, 5) is 26.7. The van der Waals surface area contributed by atoms with Crippen molar-refractivity contribution in [1.82, 2.24) is 10.2 Å². The minimum Gasteiger partial charge on any atom is -0.339 e. The van der Waals surface area contributed by atoms with Gasteiger partial charge < -0.3 is 15.5 Å². The number of carbonyl (C=O) groups excluding carboxylic acids is 2. The fraction of sp³-hybridized carbons (Fsp3) is 0.579. The lowest BCUT2D eigenvalue weighted by Gasteiger charge is -2.30. The Balaban J connectivity index is 2.03. The lowest BCUT2D eigenvalue weighted by molar-refractivity contribution is -0.119. The van der Waals surface area contributed by atoms with Gasteiger partial charge in [0.15, 0.2) is 0 Å². The number of rotatable bonds is 5. The SMILES string of the molecule is CNCC(C)C(=O)Nc1ccc(C(=O)N2CCC(C)CC2)cc1C. The van der Waals surface area contributed by atoms with Crippen LogP contribution in [0.4, 0.5) is 5.69 Å². The normalized spacial score (nSPS) is 16.8. The number of aryl methyl sites for hydroxylation is 1. The molecule has 24 heavy (non-hydrogen) atoms. The van der Waals surface area contributed by atoms with Gasteiger partial charge in [-0.1, -0.05) is 13.8 Å². The third-order valence-electron chi connectivity index (χ3n) is 4.76. The van der Waals surface area contributed by atoms with Gasteiger partial charge in [-0.25, -0.2) is 0 Å². The van der Waals surface area contributed by atoms with Crippen molar-refractivity contribution in [3.63, 3.8) is 0 Å². The third-order valence-corrected chi connectivity index (χ3v) is 4.76. The molecule has 0 bridgehead atoms. The highest BCUT2D eigenvalue weighted by Crippen LogP contribution is 2.21. The zero-order chi connectivity index (χ0) is 17.7. The summed E-state index contributed by atoms with van der Waals surface area (Å²) in [5, 5.41) is 5.94. The van der Waals surface area contributed by atoms with Crippen LogP contribution in [-0.4, -0.2) is 43.4 Å². The molecule has 1 aromatic carbocycles. The monoisotopic (exact) mass is 331 g/mol. The molecule has 1 aliphatic heterocycles. The molecular formula is C19H29N3O2. The molecule has 0 saturated carbocycles. The quantitative estimate of drug-likeness (QED) is 0.872. The predicted octanol–water partition coefficient (Wildman–Crippen LogP) is 2.66. The van der Waals surface area contributed by atoms with E-state index in [1.807, 2.05) is 44.0 Å². The van der Waals surface area contributed by atoms with Crippen LogP contribution in [0.2, 0.25) is 0 Å². The molecule has 0 radical (unpaired) electrons. The smallest absolute Gasteiger partial charge is 0.253 e. The van der Waals surface area contributed by atoms with Crippen LogP contribution in [0.5, 0.6) is 0 Å². The summed E-state index contributed by atoms with van der Waals surface area (Å²) in [6.45, 7) is 8.34. The molecule has 2 N–H and O–H groups in total. The molecule has 2 amide bonds. The summed E-state index contributed by atoms with van der Waals surface area (Å²) in [6, 6.07) is 5.52. The molecule has 132 valence electrons. The summed E-state index contributed by atoms with van der Waals surface area (Å²) in [5.74, 6) is 0.669. The van der Waals surface area contributed by atoms with E-state index in [-0.39, 0.29) is 17.7 Å². The number of piperidine rings is 1. The minimum atomic E-state index is -0.106. The number of amides is 2. The topological polar surface area (TPSA) is 61.4 Å². The van der Waals surface area contributed by atoms with Crippen LogP contribution in [-0.2, 0) is 4.79 Å². The summed E-state index contributed by atoms with van der Waals surface area (Å²) >= 11 is 0. The largest absolute Gasteiger partial charge is 0.339 e. The standard InChI is InChI=1S/C19H29N3O2/c1-13-7-9-22(10-8-13)19(24)16-5-6-17(14(2)11-16)21-18(23)15(3)12-20-4/h5-6,11,13,15,20H,7-10,12H2,1-4H3,(H,21,23). The number of likely N-dealkylation sites (tertiary alicyclic amines) is 1. The first-order chi connectivity index (χ1) is 11.4. The zero-order valence-electron chi connectivity index (χ0n) is 15.2. The number of nitrogens with one attached hydrogen (secondary N) is 2. The van der Waals surface area contributed by atoms with Gasteiger partial charge in [0.05, 0.1) is 0 Å². The van der Waals surface area contributed by atoms with E-state index in [4.69, 9.17) is 0 Å². The average Bonchev–Trinajstić information content (AvgIpc) is 2.57. The molecular weight excluding hydrogens is 302 g/mol. The van der Waals surface area contributed by atoms with E-state index in [1.165, 1.54) is 0 Å². The van der Waals surface area contributed by atoms with Gasteiger partial charge in [0.1, 0.15) is 0 Å². The van der Waals surface area contributed by atoms with Crippen molar-refractivity contribution < 1.29 is 9.59 Å². The Kier molecular flexibility index (Phi) is 6.37. The first-order valence-electron chi connectivity index (χ1n) is 8.77. The maximum absolute atomic E-state index is 12.6. The van der Waals surface area contributed by atoms with E-state index in [0.717, 1.165) is 37.2 Å². The van der Waals surface area contributed by atoms with E-state index in [9.17, 15) is 9.59 Å². The van der Waals surface area contributed by atoms with Crippen molar-refractivity contribution in [2.45, 2.75) is 33.6 Å². The Morgan fingerprint density at radius 1 is 1.29 bits per heavy atom. The molecule has 5 heteroatoms. The second-order valence-electron chi connectivity index (χ2n) is 6.95. The first kappa shape index (κ1) is 18.5. The van der Waals surface area contributed by atoms with Gasteiger partial charge in [0.2, 0.25) is 5.91 Å². The molecule has 5 nitrogen and oxygen atoms in total. The number of hydrogen-bond donors (Lipinski definition) is 2. The van der Waals surface area contributed by atoms with Gasteiger partial charge in [0, 0.05) is 36.8 Å². The Morgan fingerprint density at radius 2 is 1.96 bits per heavy atom. The van der Waals surface area contributed by atoms with Crippen molar-refractivity contribution in [2.75, 3.05) is 32.0 Å². The third kappa shape index (κ3) is 4.57. The average molecular weight is 331 g/mol. The lowest BCUT2D eigenvalue weighted by atomic mass is 9.98. The Labute approximate surface area is 144 Å². The summed E-state index contributed by atoms with van der Waals surface area (Å²) in [5.41, 5.74) is 2.38. The minimum absolute atomic E-state index is 0.0171. The Morgan fingerprint density at radius 3 is 2.54 bits per heavy atom. The molecule has 1 aromatic rings. The molecule has 0 aliphatic carbocycles. The van der Waals surface area contributed by atoms with Crippen molar-refractivity contribution in [2.24, 2.45) is 11.8 Å². The van der Waals surface area contributed by atoms with E-state index in [2.05, 4.69) is 17.6 Å². The number of hydrogen-bond acceptors (Lipinski definition) is 3. The number of benzene rings is 1.